The molecule has 1 heterocycles. The Labute approximate surface area is 156 Å². The molecule has 5 nitrogen and oxygen atoms in total. The normalized spacial score (nSPS) is 12.2. The van der Waals surface area contributed by atoms with Gasteiger partial charge < -0.3 is 19.8 Å². The van der Waals surface area contributed by atoms with Gasteiger partial charge in [0.1, 0.15) is 5.76 Å². The van der Waals surface area contributed by atoms with Crippen LogP contribution >= 0.6 is 0 Å². The molecule has 27 heavy (non-hydrogen) atoms. The van der Waals surface area contributed by atoms with E-state index < -0.39 is 11.7 Å². The number of ether oxygens (including phenoxy) is 1. The second-order valence-corrected chi connectivity index (χ2v) is 5.74. The average molecular weight is 383 g/mol. The van der Waals surface area contributed by atoms with Gasteiger partial charge in [-0.2, -0.15) is 13.2 Å². The highest BCUT2D eigenvalue weighted by molar-refractivity contribution is 5.79. The Morgan fingerprint density at radius 1 is 1.15 bits per heavy atom. The molecular formula is C19H24F3N3O2. The lowest BCUT2D eigenvalue weighted by atomic mass is 10.1. The minimum absolute atomic E-state index is 0.134. The van der Waals surface area contributed by atoms with Gasteiger partial charge in [-0.25, -0.2) is 4.99 Å². The molecule has 0 fully saturated rings. The van der Waals surface area contributed by atoms with E-state index in [2.05, 4.69) is 15.6 Å². The number of guanidine groups is 1. The third-order valence-corrected chi connectivity index (χ3v) is 3.66. The van der Waals surface area contributed by atoms with Gasteiger partial charge in [-0.15, -0.1) is 0 Å². The Balaban J connectivity index is 1.95. The van der Waals surface area contributed by atoms with Crippen LogP contribution in [0.4, 0.5) is 13.2 Å². The average Bonchev–Trinajstić information content (AvgIpc) is 3.15. The number of hydrogen-bond acceptors (Lipinski definition) is 3. The van der Waals surface area contributed by atoms with E-state index in [0.29, 0.717) is 44.2 Å². The van der Waals surface area contributed by atoms with Crippen molar-refractivity contribution >= 4 is 5.96 Å². The predicted octanol–water partition coefficient (Wildman–Crippen LogP) is 3.61. The quantitative estimate of drug-likeness (QED) is 0.395. The maximum atomic E-state index is 12.8. The second kappa shape index (κ2) is 10.6. The van der Waals surface area contributed by atoms with Crippen LogP contribution in [0.15, 0.2) is 52.1 Å². The number of benzene rings is 1. The van der Waals surface area contributed by atoms with Crippen LogP contribution in [0.25, 0.3) is 0 Å². The summed E-state index contributed by atoms with van der Waals surface area (Å²) >= 11 is 0. The van der Waals surface area contributed by atoms with Crippen LogP contribution in [-0.2, 0) is 23.9 Å². The summed E-state index contributed by atoms with van der Waals surface area (Å²) in [5.74, 6) is 1.35. The van der Waals surface area contributed by atoms with Crippen LogP contribution in [0.3, 0.4) is 0 Å². The number of nitrogens with one attached hydrogen (secondary N) is 2. The fraction of sp³-hybridized carbons (Fsp3) is 0.421. The van der Waals surface area contributed by atoms with Crippen LogP contribution in [0.1, 0.15) is 23.8 Å². The lowest BCUT2D eigenvalue weighted by Crippen LogP contribution is -2.40. The van der Waals surface area contributed by atoms with E-state index in [4.69, 9.17) is 9.15 Å². The molecule has 1 aromatic heterocycles. The first-order valence-electron chi connectivity index (χ1n) is 8.77. The molecular weight excluding hydrogens is 359 g/mol. The molecule has 0 aliphatic rings. The maximum absolute atomic E-state index is 12.8. The van der Waals surface area contributed by atoms with Crippen molar-refractivity contribution in [1.82, 2.24) is 10.6 Å². The Morgan fingerprint density at radius 3 is 2.67 bits per heavy atom. The largest absolute Gasteiger partial charge is 0.469 e. The van der Waals surface area contributed by atoms with Crippen LogP contribution in [0, 0.1) is 0 Å². The first-order chi connectivity index (χ1) is 13.0. The number of halogens is 3. The molecule has 0 aliphatic heterocycles. The third kappa shape index (κ3) is 7.74. The standard InChI is InChI=1S/C19H24F3N3O2/c1-2-26-12-10-24-18(23-9-8-17-7-4-11-27-17)25-14-15-5-3-6-16(13-15)19(20,21)22/h3-7,11,13H,2,8-10,12,14H2,1H3,(H2,23,24,25). The fourth-order valence-electron chi connectivity index (χ4n) is 2.34. The zero-order valence-electron chi connectivity index (χ0n) is 15.2. The van der Waals surface area contributed by atoms with E-state index in [0.717, 1.165) is 17.9 Å². The zero-order valence-corrected chi connectivity index (χ0v) is 15.2. The Kier molecular flexibility index (Phi) is 8.19. The minimum Gasteiger partial charge on any atom is -0.469 e. The van der Waals surface area contributed by atoms with Gasteiger partial charge in [-0.3, -0.25) is 0 Å². The summed E-state index contributed by atoms with van der Waals surface area (Å²) < 4.78 is 49.0. The molecule has 0 saturated heterocycles. The molecule has 0 aliphatic carbocycles. The summed E-state index contributed by atoms with van der Waals surface area (Å²) in [5, 5.41) is 6.26. The Hall–Kier alpha value is -2.48. The minimum atomic E-state index is -4.36. The smallest absolute Gasteiger partial charge is 0.416 e. The number of rotatable bonds is 9. The first kappa shape index (κ1) is 20.8. The van der Waals surface area contributed by atoms with Gasteiger partial charge in [0.25, 0.3) is 0 Å². The summed E-state index contributed by atoms with van der Waals surface area (Å²) in [4.78, 5) is 4.37. The number of nitrogens with zero attached hydrogens (tertiary/aromatic N) is 1. The number of alkyl halides is 3. The van der Waals surface area contributed by atoms with Crippen LogP contribution in [-0.4, -0.2) is 32.3 Å². The fourth-order valence-corrected chi connectivity index (χ4v) is 2.34. The van der Waals surface area contributed by atoms with Crippen LogP contribution < -0.4 is 10.6 Å². The van der Waals surface area contributed by atoms with Gasteiger partial charge in [0.15, 0.2) is 5.96 Å². The van der Waals surface area contributed by atoms with E-state index in [-0.39, 0.29) is 6.54 Å². The van der Waals surface area contributed by atoms with Crippen molar-refractivity contribution < 1.29 is 22.3 Å². The number of aliphatic imine (C=N–C) groups is 1. The SMILES string of the molecule is CCOCCNC(=NCc1cccc(C(F)(F)F)c1)NCCc1ccco1. The predicted molar refractivity (Wildman–Crippen MR) is 97.5 cm³/mol. The van der Waals surface area contributed by atoms with E-state index in [1.54, 1.807) is 12.3 Å². The Bertz CT molecular complexity index is 700. The van der Waals surface area contributed by atoms with Gasteiger partial charge in [0, 0.05) is 26.1 Å². The topological polar surface area (TPSA) is 58.8 Å². The van der Waals surface area contributed by atoms with E-state index in [9.17, 15) is 13.2 Å². The highest BCUT2D eigenvalue weighted by Gasteiger charge is 2.30. The molecule has 1 aromatic carbocycles. The molecule has 0 unspecified atom stereocenters. The Morgan fingerprint density at radius 2 is 1.96 bits per heavy atom. The van der Waals surface area contributed by atoms with Crippen molar-refractivity contribution in [1.29, 1.82) is 0 Å². The third-order valence-electron chi connectivity index (χ3n) is 3.66. The summed E-state index contributed by atoms with van der Waals surface area (Å²) in [5.41, 5.74) is -0.186. The van der Waals surface area contributed by atoms with Gasteiger partial charge in [0.05, 0.1) is 25.0 Å². The molecule has 0 atom stereocenters. The molecule has 8 heteroatoms. The highest BCUT2D eigenvalue weighted by atomic mass is 19.4. The van der Waals surface area contributed by atoms with Gasteiger partial charge in [0.2, 0.25) is 0 Å². The van der Waals surface area contributed by atoms with E-state index >= 15 is 0 Å². The van der Waals surface area contributed by atoms with Gasteiger partial charge in [-0.1, -0.05) is 12.1 Å². The second-order valence-electron chi connectivity index (χ2n) is 5.74. The van der Waals surface area contributed by atoms with Crippen molar-refractivity contribution in [2.24, 2.45) is 4.99 Å². The van der Waals surface area contributed by atoms with Gasteiger partial charge >= 0.3 is 6.18 Å². The summed E-state index contributed by atoms with van der Waals surface area (Å²) in [6, 6.07) is 8.88. The van der Waals surface area contributed by atoms with Crippen molar-refractivity contribution in [3.05, 3.63) is 59.5 Å². The van der Waals surface area contributed by atoms with Crippen LogP contribution in [0.5, 0.6) is 0 Å². The molecule has 2 N–H and O–H groups in total. The monoisotopic (exact) mass is 383 g/mol. The lowest BCUT2D eigenvalue weighted by molar-refractivity contribution is -0.137. The molecule has 2 aromatic rings. The lowest BCUT2D eigenvalue weighted by Gasteiger charge is -2.13. The molecule has 0 spiro atoms. The number of furan rings is 1. The molecule has 2 rings (SSSR count). The number of hydrogen-bond donors (Lipinski definition) is 2. The summed E-state index contributed by atoms with van der Waals surface area (Å²) in [7, 11) is 0. The first-order valence-corrected chi connectivity index (χ1v) is 8.77. The zero-order chi connectivity index (χ0) is 19.5. The molecule has 0 amide bonds. The van der Waals surface area contributed by atoms with E-state index in [1.165, 1.54) is 6.07 Å². The van der Waals surface area contributed by atoms with Crippen molar-refractivity contribution in [3.63, 3.8) is 0 Å². The van der Waals surface area contributed by atoms with Gasteiger partial charge in [-0.05, 0) is 36.8 Å². The maximum Gasteiger partial charge on any atom is 0.416 e. The molecule has 148 valence electrons. The molecule has 0 radical (unpaired) electrons. The van der Waals surface area contributed by atoms with Crippen molar-refractivity contribution in [2.75, 3.05) is 26.3 Å². The van der Waals surface area contributed by atoms with Crippen LogP contribution in [0.2, 0.25) is 0 Å². The van der Waals surface area contributed by atoms with E-state index in [1.807, 2.05) is 19.1 Å². The molecule has 0 saturated carbocycles. The molecule has 0 bridgehead atoms. The van der Waals surface area contributed by atoms with Crippen molar-refractivity contribution in [3.8, 4) is 0 Å². The summed E-state index contributed by atoms with van der Waals surface area (Å²) in [6.45, 7) is 4.29. The highest BCUT2D eigenvalue weighted by Crippen LogP contribution is 2.29. The summed E-state index contributed by atoms with van der Waals surface area (Å²) in [6.07, 6.45) is -2.08. The van der Waals surface area contributed by atoms with Crippen molar-refractivity contribution in [2.45, 2.75) is 26.1 Å².